The van der Waals surface area contributed by atoms with Gasteiger partial charge in [-0.15, -0.1) is 11.8 Å². The van der Waals surface area contributed by atoms with E-state index < -0.39 is 0 Å². The van der Waals surface area contributed by atoms with Crippen LogP contribution in [0.2, 0.25) is 0 Å². The molecule has 0 radical (unpaired) electrons. The van der Waals surface area contributed by atoms with Gasteiger partial charge in [-0.05, 0) is 66.1 Å². The number of unbranched alkanes of at least 4 members (excludes halogenated alkanes) is 1. The highest BCUT2D eigenvalue weighted by atomic mass is 79.9. The van der Waals surface area contributed by atoms with E-state index in [1.165, 1.54) is 12.0 Å². The Hall–Kier alpha value is -1.27. The molecular weight excluding hydrogens is 420 g/mol. The topological polar surface area (TPSA) is 41.1 Å². The molecule has 148 valence electrons. The molecule has 27 heavy (non-hydrogen) atoms. The first-order valence-corrected chi connectivity index (χ1v) is 11.7. The summed E-state index contributed by atoms with van der Waals surface area (Å²) in [7, 11) is 0. The predicted octanol–water partition coefficient (Wildman–Crippen LogP) is 6.76. The molecule has 4 nitrogen and oxygen atoms in total. The molecule has 0 spiro atoms. The highest BCUT2D eigenvalue weighted by Gasteiger charge is 2.18. The second kappa shape index (κ2) is 10.3. The molecule has 2 rings (SSSR count). The zero-order valence-corrected chi connectivity index (χ0v) is 19.7. The van der Waals surface area contributed by atoms with E-state index in [2.05, 4.69) is 78.3 Å². The van der Waals surface area contributed by atoms with Crippen LogP contribution < -0.4 is 10.2 Å². The van der Waals surface area contributed by atoms with Gasteiger partial charge in [-0.1, -0.05) is 33.3 Å². The molecule has 0 unspecified atom stereocenters. The third-order valence-electron chi connectivity index (χ3n) is 4.54. The number of hydrogen-bond acceptors (Lipinski definition) is 5. The van der Waals surface area contributed by atoms with Crippen LogP contribution in [0.25, 0.3) is 0 Å². The van der Waals surface area contributed by atoms with Crippen LogP contribution in [0.15, 0.2) is 27.6 Å². The summed E-state index contributed by atoms with van der Waals surface area (Å²) in [6.45, 7) is 12.7. The first-order chi connectivity index (χ1) is 12.9. The van der Waals surface area contributed by atoms with E-state index in [0.717, 1.165) is 52.0 Å². The van der Waals surface area contributed by atoms with Crippen molar-refractivity contribution in [3.05, 3.63) is 34.1 Å². The summed E-state index contributed by atoms with van der Waals surface area (Å²) >= 11 is 5.41. The average molecular weight is 451 g/mol. The summed E-state index contributed by atoms with van der Waals surface area (Å²) in [6.07, 6.45) is 4.43. The third-order valence-corrected chi connectivity index (χ3v) is 5.98. The molecule has 0 saturated heterocycles. The van der Waals surface area contributed by atoms with Gasteiger partial charge in [0.2, 0.25) is 0 Å². The van der Waals surface area contributed by atoms with E-state index >= 15 is 0 Å². The van der Waals surface area contributed by atoms with E-state index in [9.17, 15) is 0 Å². The van der Waals surface area contributed by atoms with E-state index in [-0.39, 0.29) is 0 Å². The zero-order chi connectivity index (χ0) is 20.0. The Morgan fingerprint density at radius 3 is 2.52 bits per heavy atom. The Kier molecular flexibility index (Phi) is 8.42. The predicted molar refractivity (Wildman–Crippen MR) is 123 cm³/mol. The van der Waals surface area contributed by atoms with Crippen LogP contribution in [0, 0.1) is 6.92 Å². The van der Waals surface area contributed by atoms with E-state index in [4.69, 9.17) is 9.97 Å². The standard InChI is InChI=1S/C21H31BrN4S/c1-7-9-12-26(8-2)21-19(27-6)20(23-15(5)24-21)25-18-11-10-16(14(3)4)13-17(18)22/h10-11,13-14H,7-9,12H2,1-6H3,(H,23,24,25). The molecule has 0 aliphatic carbocycles. The summed E-state index contributed by atoms with van der Waals surface area (Å²) in [4.78, 5) is 12.9. The first kappa shape index (κ1) is 22.0. The van der Waals surface area contributed by atoms with E-state index in [0.29, 0.717) is 5.92 Å². The van der Waals surface area contributed by atoms with Gasteiger partial charge in [0.25, 0.3) is 0 Å². The molecular formula is C21H31BrN4S. The quantitative estimate of drug-likeness (QED) is 0.427. The van der Waals surface area contributed by atoms with Crippen LogP contribution in [0.5, 0.6) is 0 Å². The van der Waals surface area contributed by atoms with Crippen molar-refractivity contribution < 1.29 is 0 Å². The second-order valence-electron chi connectivity index (χ2n) is 6.93. The molecule has 1 aromatic carbocycles. The fourth-order valence-corrected chi connectivity index (χ4v) is 4.06. The van der Waals surface area contributed by atoms with Crippen molar-refractivity contribution in [2.24, 2.45) is 0 Å². The summed E-state index contributed by atoms with van der Waals surface area (Å²) in [6, 6.07) is 6.47. The fourth-order valence-electron chi connectivity index (χ4n) is 2.92. The monoisotopic (exact) mass is 450 g/mol. The van der Waals surface area contributed by atoms with E-state index in [1.807, 2.05) is 6.92 Å². The maximum Gasteiger partial charge on any atom is 0.150 e. The molecule has 0 amide bonds. The van der Waals surface area contributed by atoms with Crippen molar-refractivity contribution in [2.75, 3.05) is 29.6 Å². The molecule has 0 aliphatic heterocycles. The van der Waals surface area contributed by atoms with Crippen molar-refractivity contribution >= 4 is 45.0 Å². The van der Waals surface area contributed by atoms with Crippen molar-refractivity contribution in [2.45, 2.75) is 58.3 Å². The number of nitrogens with one attached hydrogen (secondary N) is 1. The summed E-state index contributed by atoms with van der Waals surface area (Å²) in [5.41, 5.74) is 2.34. The Morgan fingerprint density at radius 1 is 1.22 bits per heavy atom. The molecule has 2 aromatic rings. The molecule has 1 aromatic heterocycles. The van der Waals surface area contributed by atoms with Crippen molar-refractivity contribution in [1.29, 1.82) is 0 Å². The van der Waals surface area contributed by atoms with Gasteiger partial charge >= 0.3 is 0 Å². The Morgan fingerprint density at radius 2 is 1.96 bits per heavy atom. The van der Waals surface area contributed by atoms with Crippen LogP contribution in [0.3, 0.4) is 0 Å². The van der Waals surface area contributed by atoms with Gasteiger partial charge in [0.1, 0.15) is 17.5 Å². The fraction of sp³-hybridized carbons (Fsp3) is 0.524. The zero-order valence-electron chi connectivity index (χ0n) is 17.3. The number of aromatic nitrogens is 2. The largest absolute Gasteiger partial charge is 0.356 e. The van der Waals surface area contributed by atoms with Crippen molar-refractivity contribution in [3.8, 4) is 0 Å². The van der Waals surface area contributed by atoms with Gasteiger partial charge in [0.15, 0.2) is 0 Å². The first-order valence-electron chi connectivity index (χ1n) is 9.65. The number of anilines is 3. The number of aryl methyl sites for hydroxylation is 1. The molecule has 1 heterocycles. The maximum absolute atomic E-state index is 4.77. The molecule has 6 heteroatoms. The van der Waals surface area contributed by atoms with Gasteiger partial charge in [-0.3, -0.25) is 0 Å². The number of thioether (sulfide) groups is 1. The van der Waals surface area contributed by atoms with Crippen molar-refractivity contribution in [1.82, 2.24) is 9.97 Å². The summed E-state index contributed by atoms with van der Waals surface area (Å²) in [5.74, 6) is 3.19. The van der Waals surface area contributed by atoms with Crippen LogP contribution in [0.1, 0.15) is 57.8 Å². The average Bonchev–Trinajstić information content (AvgIpc) is 2.63. The lowest BCUT2D eigenvalue weighted by Gasteiger charge is -2.25. The van der Waals surface area contributed by atoms with Gasteiger partial charge in [-0.25, -0.2) is 9.97 Å². The molecule has 1 N–H and O–H groups in total. The maximum atomic E-state index is 4.77. The van der Waals surface area contributed by atoms with Gasteiger partial charge < -0.3 is 10.2 Å². The van der Waals surface area contributed by atoms with Crippen LogP contribution in [0.4, 0.5) is 17.3 Å². The summed E-state index contributed by atoms with van der Waals surface area (Å²) in [5, 5.41) is 3.53. The number of halogens is 1. The van der Waals surface area contributed by atoms with Gasteiger partial charge in [0, 0.05) is 17.6 Å². The number of hydrogen-bond donors (Lipinski definition) is 1. The molecule has 0 fully saturated rings. The van der Waals surface area contributed by atoms with Crippen molar-refractivity contribution in [3.63, 3.8) is 0 Å². The van der Waals surface area contributed by atoms with Crippen LogP contribution in [-0.2, 0) is 0 Å². The summed E-state index contributed by atoms with van der Waals surface area (Å²) < 4.78 is 1.05. The minimum absolute atomic E-state index is 0.502. The van der Waals surface area contributed by atoms with Crippen LogP contribution >= 0.6 is 27.7 Å². The Bertz CT molecular complexity index is 764. The van der Waals surface area contributed by atoms with E-state index in [1.54, 1.807) is 11.8 Å². The lowest BCUT2D eigenvalue weighted by molar-refractivity contribution is 0.714. The minimum atomic E-state index is 0.502. The van der Waals surface area contributed by atoms with Gasteiger partial charge in [0.05, 0.1) is 10.6 Å². The molecule has 0 saturated carbocycles. The van der Waals surface area contributed by atoms with Crippen LogP contribution in [-0.4, -0.2) is 29.3 Å². The number of rotatable bonds is 9. The Labute approximate surface area is 176 Å². The minimum Gasteiger partial charge on any atom is -0.356 e. The number of nitrogens with zero attached hydrogens (tertiary/aromatic N) is 3. The second-order valence-corrected chi connectivity index (χ2v) is 8.60. The number of benzene rings is 1. The SMILES string of the molecule is CCCCN(CC)c1nc(C)nc(Nc2ccc(C(C)C)cc2Br)c1SC. The smallest absolute Gasteiger partial charge is 0.150 e. The third kappa shape index (κ3) is 5.61. The normalized spacial score (nSPS) is 11.1. The molecule has 0 aliphatic rings. The molecule has 0 atom stereocenters. The molecule has 0 bridgehead atoms. The highest BCUT2D eigenvalue weighted by Crippen LogP contribution is 2.36. The lowest BCUT2D eigenvalue weighted by atomic mass is 10.0. The lowest BCUT2D eigenvalue weighted by Crippen LogP contribution is -2.26. The Balaban J connectivity index is 2.42. The highest BCUT2D eigenvalue weighted by molar-refractivity contribution is 9.10. The van der Waals surface area contributed by atoms with Gasteiger partial charge in [-0.2, -0.15) is 0 Å².